The third-order valence-corrected chi connectivity index (χ3v) is 2.73. The molecule has 4 amide bonds. The molecule has 1 aromatic rings. The smallest absolute Gasteiger partial charge is 0.337 e. The van der Waals surface area contributed by atoms with Crippen LogP contribution in [-0.2, 0) is 9.59 Å². The Morgan fingerprint density at radius 1 is 1.11 bits per heavy atom. The minimum Gasteiger partial charge on any atom is -0.495 e. The highest BCUT2D eigenvalue weighted by Crippen LogP contribution is 2.30. The summed E-state index contributed by atoms with van der Waals surface area (Å²) >= 11 is 0. The van der Waals surface area contributed by atoms with Crippen molar-refractivity contribution < 1.29 is 19.1 Å². The van der Waals surface area contributed by atoms with Crippen molar-refractivity contribution in [2.45, 2.75) is 6.42 Å². The van der Waals surface area contributed by atoms with E-state index in [9.17, 15) is 14.4 Å². The molecule has 1 aliphatic heterocycles. The first kappa shape index (κ1) is 12.1. The number of urea groups is 1. The normalized spacial score (nSPS) is 16.2. The number of carbonyl (C=O) groups excluding carboxylic acids is 3. The van der Waals surface area contributed by atoms with Crippen molar-refractivity contribution in [2.24, 2.45) is 0 Å². The van der Waals surface area contributed by atoms with Gasteiger partial charge in [-0.05, 0) is 12.1 Å². The molecule has 1 heterocycles. The predicted octanol–water partition coefficient (Wildman–Crippen LogP) is 1.01. The van der Waals surface area contributed by atoms with E-state index in [2.05, 4.69) is 0 Å². The Morgan fingerprint density at radius 2 is 1.78 bits per heavy atom. The monoisotopic (exact) mass is 248 g/mol. The first-order valence-corrected chi connectivity index (χ1v) is 5.32. The quantitative estimate of drug-likeness (QED) is 0.732. The molecule has 6 nitrogen and oxygen atoms in total. The average molecular weight is 248 g/mol. The Labute approximate surface area is 104 Å². The Morgan fingerprint density at radius 3 is 2.44 bits per heavy atom. The molecule has 0 spiro atoms. The van der Waals surface area contributed by atoms with E-state index in [1.807, 2.05) is 0 Å². The van der Waals surface area contributed by atoms with Gasteiger partial charge in [-0.3, -0.25) is 14.5 Å². The van der Waals surface area contributed by atoms with E-state index in [-0.39, 0.29) is 6.42 Å². The molecular formula is C12H12N2O4. The van der Waals surface area contributed by atoms with Crippen LogP contribution in [0.3, 0.4) is 0 Å². The van der Waals surface area contributed by atoms with E-state index < -0.39 is 17.8 Å². The molecule has 0 aromatic heterocycles. The van der Waals surface area contributed by atoms with Crippen LogP contribution in [0.4, 0.5) is 10.5 Å². The molecule has 6 heteroatoms. The second-order valence-corrected chi connectivity index (χ2v) is 3.81. The van der Waals surface area contributed by atoms with Crippen LogP contribution in [-0.4, -0.2) is 36.9 Å². The molecule has 0 saturated carbocycles. The van der Waals surface area contributed by atoms with Crippen molar-refractivity contribution in [1.82, 2.24) is 4.90 Å². The fraction of sp³-hybridized carbons (Fsp3) is 0.250. The van der Waals surface area contributed by atoms with Crippen LogP contribution < -0.4 is 9.64 Å². The molecule has 0 aliphatic carbocycles. The highest BCUT2D eigenvalue weighted by Gasteiger charge is 2.37. The van der Waals surface area contributed by atoms with E-state index in [1.54, 1.807) is 24.3 Å². The van der Waals surface area contributed by atoms with Gasteiger partial charge in [-0.2, -0.15) is 0 Å². The number of hydrogen-bond acceptors (Lipinski definition) is 4. The summed E-state index contributed by atoms with van der Waals surface area (Å²) in [5, 5.41) is 0. The molecule has 18 heavy (non-hydrogen) atoms. The lowest BCUT2D eigenvalue weighted by molar-refractivity contribution is -0.134. The molecule has 2 rings (SSSR count). The van der Waals surface area contributed by atoms with E-state index in [4.69, 9.17) is 4.74 Å². The van der Waals surface area contributed by atoms with Crippen LogP contribution in [0, 0.1) is 0 Å². The molecule has 0 unspecified atom stereocenters. The van der Waals surface area contributed by atoms with Gasteiger partial charge in [-0.25, -0.2) is 9.69 Å². The van der Waals surface area contributed by atoms with Crippen LogP contribution in [0.15, 0.2) is 24.3 Å². The van der Waals surface area contributed by atoms with Crippen LogP contribution in [0.2, 0.25) is 0 Å². The number of imide groups is 2. The van der Waals surface area contributed by atoms with Gasteiger partial charge in [0.15, 0.2) is 0 Å². The van der Waals surface area contributed by atoms with Crippen molar-refractivity contribution >= 4 is 23.5 Å². The Kier molecular flexibility index (Phi) is 3.01. The highest BCUT2D eigenvalue weighted by atomic mass is 16.5. The summed E-state index contributed by atoms with van der Waals surface area (Å²) in [5.74, 6) is -0.648. The van der Waals surface area contributed by atoms with Crippen LogP contribution in [0.5, 0.6) is 5.75 Å². The van der Waals surface area contributed by atoms with Gasteiger partial charge in [0.05, 0.1) is 12.8 Å². The maximum absolute atomic E-state index is 12.0. The molecule has 1 fully saturated rings. The van der Waals surface area contributed by atoms with Gasteiger partial charge in [-0.15, -0.1) is 0 Å². The van der Waals surface area contributed by atoms with Crippen molar-refractivity contribution in [1.29, 1.82) is 0 Å². The number of carbonyl (C=O) groups is 3. The van der Waals surface area contributed by atoms with Gasteiger partial charge in [0.25, 0.3) is 0 Å². The Bertz CT molecular complexity index is 527. The number of methoxy groups -OCH3 is 1. The zero-order chi connectivity index (χ0) is 13.3. The topological polar surface area (TPSA) is 66.9 Å². The molecule has 0 radical (unpaired) electrons. The van der Waals surface area contributed by atoms with E-state index in [1.165, 1.54) is 14.2 Å². The van der Waals surface area contributed by atoms with Gasteiger partial charge < -0.3 is 4.74 Å². The number of anilines is 1. The van der Waals surface area contributed by atoms with E-state index >= 15 is 0 Å². The molecule has 0 atom stereocenters. The Balaban J connectivity index is 2.46. The third-order valence-electron chi connectivity index (χ3n) is 2.73. The minimum absolute atomic E-state index is 0.319. The van der Waals surface area contributed by atoms with Gasteiger partial charge in [0.1, 0.15) is 12.2 Å². The second kappa shape index (κ2) is 4.48. The maximum atomic E-state index is 12.0. The zero-order valence-electron chi connectivity index (χ0n) is 10.0. The molecule has 1 saturated heterocycles. The molecule has 94 valence electrons. The largest absolute Gasteiger partial charge is 0.495 e. The fourth-order valence-electron chi connectivity index (χ4n) is 1.74. The average Bonchev–Trinajstić information content (AvgIpc) is 2.37. The SMILES string of the molecule is COc1ccccc1N1C(=O)CC(=O)N(C)C1=O. The molecular weight excluding hydrogens is 236 g/mol. The van der Waals surface area contributed by atoms with Crippen LogP contribution in [0.1, 0.15) is 6.42 Å². The van der Waals surface area contributed by atoms with Crippen molar-refractivity contribution in [2.75, 3.05) is 19.1 Å². The first-order chi connectivity index (χ1) is 8.56. The van der Waals surface area contributed by atoms with Gasteiger partial charge in [0, 0.05) is 7.05 Å². The summed E-state index contributed by atoms with van der Waals surface area (Å²) in [6.45, 7) is 0. The Hall–Kier alpha value is -2.37. The summed E-state index contributed by atoms with van der Waals surface area (Å²) < 4.78 is 5.11. The molecule has 1 aromatic carbocycles. The molecule has 0 N–H and O–H groups in total. The van der Waals surface area contributed by atoms with E-state index in [0.29, 0.717) is 11.4 Å². The highest BCUT2D eigenvalue weighted by molar-refractivity contribution is 6.26. The standard InChI is InChI=1S/C12H12N2O4/c1-13-10(15)7-11(16)14(12(13)17)8-5-3-4-6-9(8)18-2/h3-6H,7H2,1-2H3. The van der Waals surface area contributed by atoms with Crippen LogP contribution >= 0.6 is 0 Å². The summed E-state index contributed by atoms with van der Waals surface area (Å²) in [4.78, 5) is 37.1. The number of para-hydroxylation sites is 2. The number of hydrogen-bond donors (Lipinski definition) is 0. The van der Waals surface area contributed by atoms with Gasteiger partial charge in [-0.1, -0.05) is 12.1 Å². The summed E-state index contributed by atoms with van der Waals surface area (Å²) in [6.07, 6.45) is -0.319. The minimum atomic E-state index is -0.666. The third kappa shape index (κ3) is 1.81. The number of rotatable bonds is 2. The summed E-state index contributed by atoms with van der Waals surface area (Å²) in [5.41, 5.74) is 0.342. The fourth-order valence-corrected chi connectivity index (χ4v) is 1.74. The van der Waals surface area contributed by atoms with Crippen molar-refractivity contribution in [3.63, 3.8) is 0 Å². The number of barbiturate groups is 1. The van der Waals surface area contributed by atoms with Crippen LogP contribution in [0.25, 0.3) is 0 Å². The first-order valence-electron chi connectivity index (χ1n) is 5.32. The predicted molar refractivity (Wildman–Crippen MR) is 63.3 cm³/mol. The number of nitrogens with zero attached hydrogens (tertiary/aromatic N) is 2. The van der Waals surface area contributed by atoms with Gasteiger partial charge >= 0.3 is 6.03 Å². The van der Waals surface area contributed by atoms with Gasteiger partial charge in [0.2, 0.25) is 11.8 Å². The molecule has 1 aliphatic rings. The summed E-state index contributed by atoms with van der Waals surface area (Å²) in [6, 6.07) is 6.00. The second-order valence-electron chi connectivity index (χ2n) is 3.81. The lowest BCUT2D eigenvalue weighted by Crippen LogP contribution is -2.53. The van der Waals surface area contributed by atoms with Crippen molar-refractivity contribution in [3.8, 4) is 5.75 Å². The number of ether oxygens (including phenoxy) is 1. The molecule has 0 bridgehead atoms. The lowest BCUT2D eigenvalue weighted by atomic mass is 10.2. The van der Waals surface area contributed by atoms with E-state index in [0.717, 1.165) is 9.80 Å². The maximum Gasteiger partial charge on any atom is 0.337 e. The van der Waals surface area contributed by atoms with Crippen molar-refractivity contribution in [3.05, 3.63) is 24.3 Å². The zero-order valence-corrected chi connectivity index (χ0v) is 10.0. The summed E-state index contributed by atoms with van der Waals surface area (Å²) in [7, 11) is 2.80. The number of amides is 4. The lowest BCUT2D eigenvalue weighted by Gasteiger charge is -2.30. The number of benzene rings is 1.